The number of fused-ring (bicyclic) bond motifs is 2. The summed E-state index contributed by atoms with van der Waals surface area (Å²) in [5.41, 5.74) is 2.01. The maximum atomic E-state index is 13.9. The van der Waals surface area contributed by atoms with Gasteiger partial charge in [-0.3, -0.25) is 24.6 Å². The quantitative estimate of drug-likeness (QED) is 0.723. The van der Waals surface area contributed by atoms with E-state index < -0.39 is 30.0 Å². The van der Waals surface area contributed by atoms with E-state index in [9.17, 15) is 23.2 Å². The maximum absolute atomic E-state index is 13.9. The zero-order valence-corrected chi connectivity index (χ0v) is 15.1. The van der Waals surface area contributed by atoms with Crippen LogP contribution in [0.15, 0.2) is 18.2 Å². The molecule has 3 unspecified atom stereocenters. The first-order chi connectivity index (χ1) is 13.4. The van der Waals surface area contributed by atoms with Gasteiger partial charge in [-0.1, -0.05) is 18.2 Å². The SMILES string of the molecule is O=C1CCC(N2Cc3cccc(CN4CCNC5C4C5(F)F)c3C2=O)C(=O)N1. The maximum Gasteiger partial charge on any atom is 0.281 e. The van der Waals surface area contributed by atoms with Crippen molar-refractivity contribution in [2.75, 3.05) is 13.1 Å². The Kier molecular flexibility index (Phi) is 3.82. The predicted molar refractivity (Wildman–Crippen MR) is 93.4 cm³/mol. The minimum Gasteiger partial charge on any atom is -0.322 e. The summed E-state index contributed by atoms with van der Waals surface area (Å²) in [6.45, 7) is 1.54. The minimum atomic E-state index is -2.74. The average Bonchev–Trinajstić information content (AvgIpc) is 3.05. The lowest BCUT2D eigenvalue weighted by atomic mass is 10.0. The molecule has 7 nitrogen and oxygen atoms in total. The van der Waals surface area contributed by atoms with E-state index in [4.69, 9.17) is 0 Å². The number of amides is 3. The summed E-state index contributed by atoms with van der Waals surface area (Å²) in [7, 11) is 0. The van der Waals surface area contributed by atoms with Gasteiger partial charge in [-0.05, 0) is 17.5 Å². The van der Waals surface area contributed by atoms with E-state index in [0.29, 0.717) is 30.6 Å². The zero-order chi connectivity index (χ0) is 19.6. The Morgan fingerprint density at radius 1 is 1.21 bits per heavy atom. The average molecular weight is 390 g/mol. The van der Waals surface area contributed by atoms with Crippen molar-refractivity contribution < 1.29 is 23.2 Å². The number of rotatable bonds is 3. The molecule has 0 aromatic heterocycles. The Morgan fingerprint density at radius 2 is 2.04 bits per heavy atom. The van der Waals surface area contributed by atoms with Crippen LogP contribution in [0.2, 0.25) is 0 Å². The lowest BCUT2D eigenvalue weighted by molar-refractivity contribution is -0.136. The third-order valence-corrected chi connectivity index (χ3v) is 6.18. The summed E-state index contributed by atoms with van der Waals surface area (Å²) in [5, 5.41) is 5.13. The third-order valence-electron chi connectivity index (χ3n) is 6.18. The van der Waals surface area contributed by atoms with Gasteiger partial charge in [-0.25, -0.2) is 8.78 Å². The molecule has 0 bridgehead atoms. The monoisotopic (exact) mass is 390 g/mol. The molecular weight excluding hydrogens is 370 g/mol. The van der Waals surface area contributed by atoms with Crippen molar-refractivity contribution in [3.05, 3.63) is 34.9 Å². The van der Waals surface area contributed by atoms with E-state index in [1.165, 1.54) is 4.90 Å². The predicted octanol–water partition coefficient (Wildman–Crippen LogP) is 0.239. The molecule has 5 rings (SSSR count). The number of piperidine rings is 1. The number of halogens is 2. The van der Waals surface area contributed by atoms with Crippen molar-refractivity contribution >= 4 is 17.7 Å². The van der Waals surface area contributed by atoms with Crippen LogP contribution in [-0.2, 0) is 22.7 Å². The van der Waals surface area contributed by atoms with Crippen LogP contribution >= 0.6 is 0 Å². The third kappa shape index (κ3) is 2.56. The van der Waals surface area contributed by atoms with Gasteiger partial charge in [0.25, 0.3) is 11.8 Å². The number of imide groups is 1. The van der Waals surface area contributed by atoms with Gasteiger partial charge in [0.05, 0.1) is 12.1 Å². The van der Waals surface area contributed by atoms with Gasteiger partial charge >= 0.3 is 0 Å². The van der Waals surface area contributed by atoms with E-state index in [-0.39, 0.29) is 31.3 Å². The smallest absolute Gasteiger partial charge is 0.281 e. The normalized spacial score (nSPS) is 31.4. The zero-order valence-electron chi connectivity index (χ0n) is 15.1. The van der Waals surface area contributed by atoms with Crippen molar-refractivity contribution in [1.29, 1.82) is 0 Å². The van der Waals surface area contributed by atoms with Crippen molar-refractivity contribution in [2.45, 2.75) is 50.0 Å². The van der Waals surface area contributed by atoms with Crippen LogP contribution in [0, 0.1) is 0 Å². The molecule has 9 heteroatoms. The number of hydrogen-bond acceptors (Lipinski definition) is 5. The van der Waals surface area contributed by atoms with Gasteiger partial charge in [0.1, 0.15) is 6.04 Å². The Morgan fingerprint density at radius 3 is 2.82 bits per heavy atom. The number of piperazine rings is 1. The highest BCUT2D eigenvalue weighted by atomic mass is 19.3. The minimum absolute atomic E-state index is 0.197. The number of carbonyl (C=O) groups excluding carboxylic acids is 3. The molecule has 0 spiro atoms. The van der Waals surface area contributed by atoms with Crippen LogP contribution in [-0.4, -0.2) is 64.7 Å². The molecule has 28 heavy (non-hydrogen) atoms. The van der Waals surface area contributed by atoms with E-state index in [1.54, 1.807) is 11.0 Å². The summed E-state index contributed by atoms with van der Waals surface area (Å²) in [5.74, 6) is -3.79. The number of nitrogens with one attached hydrogen (secondary N) is 2. The van der Waals surface area contributed by atoms with Gasteiger partial charge in [0, 0.05) is 38.2 Å². The molecule has 3 amide bonds. The van der Waals surface area contributed by atoms with Crippen molar-refractivity contribution in [2.24, 2.45) is 0 Å². The molecule has 3 fully saturated rings. The molecule has 3 heterocycles. The van der Waals surface area contributed by atoms with E-state index in [2.05, 4.69) is 10.6 Å². The standard InChI is InChI=1S/C19H20F2N4O3/c20-19(21)15-16(19)24(7-6-22-15)8-10-2-1-3-11-9-25(18(28)14(10)11)12-4-5-13(26)23-17(12)27/h1-3,12,15-16,22H,4-9H2,(H,23,26,27). The first-order valence-corrected chi connectivity index (χ1v) is 9.48. The highest BCUT2D eigenvalue weighted by Crippen LogP contribution is 2.48. The van der Waals surface area contributed by atoms with Crippen LogP contribution in [0.3, 0.4) is 0 Å². The second kappa shape index (κ2) is 6.05. The van der Waals surface area contributed by atoms with Crippen molar-refractivity contribution in [1.82, 2.24) is 20.4 Å². The molecule has 0 radical (unpaired) electrons. The molecule has 1 aromatic rings. The number of alkyl halides is 2. The van der Waals surface area contributed by atoms with Gasteiger partial charge in [-0.2, -0.15) is 0 Å². The van der Waals surface area contributed by atoms with E-state index in [0.717, 1.165) is 5.56 Å². The first kappa shape index (κ1) is 17.7. The second-order valence-electron chi connectivity index (χ2n) is 7.87. The number of benzene rings is 1. The highest BCUT2D eigenvalue weighted by Gasteiger charge is 2.71. The lowest BCUT2D eigenvalue weighted by Crippen LogP contribution is -2.52. The number of nitrogens with zero attached hydrogens (tertiary/aromatic N) is 2. The van der Waals surface area contributed by atoms with Crippen LogP contribution in [0.1, 0.15) is 34.3 Å². The van der Waals surface area contributed by atoms with Gasteiger partial charge in [0.2, 0.25) is 11.8 Å². The number of carbonyl (C=O) groups is 3. The summed E-state index contributed by atoms with van der Waals surface area (Å²) >= 11 is 0. The molecule has 1 aromatic carbocycles. The molecular formula is C19H20F2N4O3. The second-order valence-corrected chi connectivity index (χ2v) is 7.87. The molecule has 4 aliphatic rings. The highest BCUT2D eigenvalue weighted by molar-refractivity contribution is 6.06. The van der Waals surface area contributed by atoms with Crippen molar-refractivity contribution in [3.8, 4) is 0 Å². The summed E-state index contributed by atoms with van der Waals surface area (Å²) in [4.78, 5) is 39.9. The van der Waals surface area contributed by atoms with Gasteiger partial charge < -0.3 is 10.2 Å². The summed E-state index contributed by atoms with van der Waals surface area (Å²) in [6, 6.07) is 3.12. The van der Waals surface area contributed by atoms with Crippen molar-refractivity contribution in [3.63, 3.8) is 0 Å². The van der Waals surface area contributed by atoms with Gasteiger partial charge in [0.15, 0.2) is 0 Å². The van der Waals surface area contributed by atoms with E-state index in [1.807, 2.05) is 12.1 Å². The van der Waals surface area contributed by atoms with E-state index >= 15 is 0 Å². The van der Waals surface area contributed by atoms with Gasteiger partial charge in [-0.15, -0.1) is 0 Å². The largest absolute Gasteiger partial charge is 0.322 e. The molecule has 2 N–H and O–H groups in total. The lowest BCUT2D eigenvalue weighted by Gasteiger charge is -2.29. The van der Waals surface area contributed by atoms with Crippen LogP contribution in [0.5, 0.6) is 0 Å². The fourth-order valence-electron chi connectivity index (χ4n) is 4.73. The summed E-state index contributed by atoms with van der Waals surface area (Å²) < 4.78 is 27.9. The van der Waals surface area contributed by atoms with Crippen LogP contribution in [0.4, 0.5) is 8.78 Å². The fourth-order valence-corrected chi connectivity index (χ4v) is 4.73. The molecule has 3 aliphatic heterocycles. The Hall–Kier alpha value is -2.39. The molecule has 3 atom stereocenters. The van der Waals surface area contributed by atoms with Crippen LogP contribution in [0.25, 0.3) is 0 Å². The Labute approximate surface area is 160 Å². The Balaban J connectivity index is 1.39. The molecule has 148 valence electrons. The molecule has 1 aliphatic carbocycles. The molecule has 1 saturated carbocycles. The topological polar surface area (TPSA) is 81.8 Å². The molecule has 2 saturated heterocycles. The summed E-state index contributed by atoms with van der Waals surface area (Å²) in [6.07, 6.45) is 0.496. The Bertz CT molecular complexity index is 890. The first-order valence-electron chi connectivity index (χ1n) is 9.48. The van der Waals surface area contributed by atoms with Crippen LogP contribution < -0.4 is 10.6 Å². The fraction of sp³-hybridized carbons (Fsp3) is 0.526. The number of hydrogen-bond donors (Lipinski definition) is 2.